The van der Waals surface area contributed by atoms with Crippen molar-refractivity contribution in [2.75, 3.05) is 13.1 Å². The number of hydrogen-bond acceptors (Lipinski definition) is 2. The minimum atomic E-state index is -0.690. The molecule has 1 aromatic rings. The van der Waals surface area contributed by atoms with Gasteiger partial charge in [0.25, 0.3) is 0 Å². The minimum absolute atomic E-state index is 0.134. The minimum Gasteiger partial charge on any atom is -0.481 e. The standard InChI is InChI=1S/C17H25NO2/c1-13-6-7-15(14(2)10-13)11-16(12-17(19)20)18-8-4-3-5-9-18/h6-7,10,16H,3-5,8-9,11-12H2,1-2H3,(H,19,20). The van der Waals surface area contributed by atoms with Crippen LogP contribution in [-0.2, 0) is 11.2 Å². The molecule has 1 aromatic carbocycles. The maximum absolute atomic E-state index is 11.2. The summed E-state index contributed by atoms with van der Waals surface area (Å²) in [7, 11) is 0. The quantitative estimate of drug-likeness (QED) is 0.897. The fourth-order valence-electron chi connectivity index (χ4n) is 3.14. The van der Waals surface area contributed by atoms with E-state index in [1.54, 1.807) is 0 Å². The normalized spacial score (nSPS) is 17.9. The first kappa shape index (κ1) is 15.0. The highest BCUT2D eigenvalue weighted by Gasteiger charge is 2.23. The zero-order chi connectivity index (χ0) is 14.5. The topological polar surface area (TPSA) is 40.5 Å². The van der Waals surface area contributed by atoms with Crippen molar-refractivity contribution in [2.24, 2.45) is 0 Å². The van der Waals surface area contributed by atoms with Crippen LogP contribution in [0.4, 0.5) is 0 Å². The zero-order valence-electron chi connectivity index (χ0n) is 12.6. The third kappa shape index (κ3) is 4.07. The van der Waals surface area contributed by atoms with Crippen LogP contribution in [0.25, 0.3) is 0 Å². The number of hydrogen-bond donors (Lipinski definition) is 1. The molecule has 1 heterocycles. The van der Waals surface area contributed by atoms with Crippen LogP contribution < -0.4 is 0 Å². The maximum Gasteiger partial charge on any atom is 0.304 e. The van der Waals surface area contributed by atoms with Crippen LogP contribution in [0.5, 0.6) is 0 Å². The van der Waals surface area contributed by atoms with Crippen molar-refractivity contribution >= 4 is 5.97 Å². The van der Waals surface area contributed by atoms with Gasteiger partial charge in [0.1, 0.15) is 0 Å². The first-order valence-corrected chi connectivity index (χ1v) is 7.58. The van der Waals surface area contributed by atoms with E-state index >= 15 is 0 Å². The van der Waals surface area contributed by atoms with Crippen LogP contribution in [0, 0.1) is 13.8 Å². The summed E-state index contributed by atoms with van der Waals surface area (Å²) in [4.78, 5) is 13.5. The van der Waals surface area contributed by atoms with Gasteiger partial charge in [0.2, 0.25) is 0 Å². The molecule has 1 aliphatic heterocycles. The van der Waals surface area contributed by atoms with Crippen LogP contribution in [0.3, 0.4) is 0 Å². The molecule has 1 N–H and O–H groups in total. The Morgan fingerprint density at radius 2 is 1.95 bits per heavy atom. The van der Waals surface area contributed by atoms with Crippen molar-refractivity contribution in [1.82, 2.24) is 4.90 Å². The second kappa shape index (κ2) is 6.89. The Labute approximate surface area is 121 Å². The molecule has 0 bridgehead atoms. The Morgan fingerprint density at radius 1 is 1.25 bits per heavy atom. The van der Waals surface area contributed by atoms with Gasteiger partial charge in [0.15, 0.2) is 0 Å². The molecule has 0 saturated carbocycles. The summed E-state index contributed by atoms with van der Waals surface area (Å²) in [6, 6.07) is 6.60. The van der Waals surface area contributed by atoms with E-state index in [1.165, 1.54) is 36.0 Å². The SMILES string of the molecule is Cc1ccc(CC(CC(=O)O)N2CCCCC2)c(C)c1. The number of carboxylic acid groups (broad SMARTS) is 1. The van der Waals surface area contributed by atoms with Crippen molar-refractivity contribution in [3.63, 3.8) is 0 Å². The zero-order valence-corrected chi connectivity index (χ0v) is 12.6. The van der Waals surface area contributed by atoms with E-state index in [4.69, 9.17) is 0 Å². The number of piperidine rings is 1. The fourth-order valence-corrected chi connectivity index (χ4v) is 3.14. The van der Waals surface area contributed by atoms with E-state index < -0.39 is 5.97 Å². The third-order valence-electron chi connectivity index (χ3n) is 4.27. The molecule has 1 atom stereocenters. The van der Waals surface area contributed by atoms with Crippen molar-refractivity contribution < 1.29 is 9.90 Å². The second-order valence-electron chi connectivity index (χ2n) is 5.98. The van der Waals surface area contributed by atoms with E-state index in [2.05, 4.69) is 36.9 Å². The molecule has 3 nitrogen and oxygen atoms in total. The van der Waals surface area contributed by atoms with Gasteiger partial charge in [-0.2, -0.15) is 0 Å². The predicted octanol–water partition coefficient (Wildman–Crippen LogP) is 3.18. The largest absolute Gasteiger partial charge is 0.481 e. The highest BCUT2D eigenvalue weighted by atomic mass is 16.4. The Balaban J connectivity index is 2.11. The average molecular weight is 275 g/mol. The fraction of sp³-hybridized carbons (Fsp3) is 0.588. The number of carboxylic acids is 1. The lowest BCUT2D eigenvalue weighted by molar-refractivity contribution is -0.138. The smallest absolute Gasteiger partial charge is 0.304 e. The van der Waals surface area contributed by atoms with E-state index in [0.29, 0.717) is 0 Å². The van der Waals surface area contributed by atoms with Crippen LogP contribution in [0.2, 0.25) is 0 Å². The van der Waals surface area contributed by atoms with Crippen molar-refractivity contribution in [3.8, 4) is 0 Å². The molecule has 0 aromatic heterocycles. The van der Waals surface area contributed by atoms with Crippen molar-refractivity contribution in [1.29, 1.82) is 0 Å². The Bertz CT molecular complexity index is 464. The molecule has 0 spiro atoms. The lowest BCUT2D eigenvalue weighted by Gasteiger charge is -2.34. The van der Waals surface area contributed by atoms with E-state index in [9.17, 15) is 9.90 Å². The highest BCUT2D eigenvalue weighted by molar-refractivity contribution is 5.67. The Morgan fingerprint density at radius 3 is 2.55 bits per heavy atom. The van der Waals surface area contributed by atoms with Gasteiger partial charge >= 0.3 is 5.97 Å². The molecule has 1 saturated heterocycles. The van der Waals surface area contributed by atoms with Gasteiger partial charge in [0, 0.05) is 6.04 Å². The van der Waals surface area contributed by atoms with E-state index in [-0.39, 0.29) is 12.5 Å². The lowest BCUT2D eigenvalue weighted by Crippen LogP contribution is -2.41. The summed E-state index contributed by atoms with van der Waals surface area (Å²) < 4.78 is 0. The van der Waals surface area contributed by atoms with Crippen LogP contribution >= 0.6 is 0 Å². The molecule has 1 unspecified atom stereocenters. The number of aliphatic carboxylic acids is 1. The van der Waals surface area contributed by atoms with E-state index in [0.717, 1.165) is 19.5 Å². The molecule has 0 radical (unpaired) electrons. The summed E-state index contributed by atoms with van der Waals surface area (Å²) in [6.07, 6.45) is 4.76. The van der Waals surface area contributed by atoms with Gasteiger partial charge in [-0.15, -0.1) is 0 Å². The highest BCUT2D eigenvalue weighted by Crippen LogP contribution is 2.20. The van der Waals surface area contributed by atoms with Crippen molar-refractivity contribution in [3.05, 3.63) is 34.9 Å². The number of likely N-dealkylation sites (tertiary alicyclic amines) is 1. The van der Waals surface area contributed by atoms with Crippen LogP contribution in [0.1, 0.15) is 42.4 Å². The van der Waals surface area contributed by atoms with Gasteiger partial charge in [0.05, 0.1) is 6.42 Å². The van der Waals surface area contributed by atoms with Gasteiger partial charge in [-0.1, -0.05) is 30.2 Å². The van der Waals surface area contributed by atoms with Gasteiger partial charge in [-0.05, 0) is 57.3 Å². The molecule has 1 aliphatic rings. The van der Waals surface area contributed by atoms with Crippen LogP contribution in [-0.4, -0.2) is 35.1 Å². The molecular weight excluding hydrogens is 250 g/mol. The number of benzene rings is 1. The van der Waals surface area contributed by atoms with Gasteiger partial charge < -0.3 is 5.11 Å². The number of nitrogens with zero attached hydrogens (tertiary/aromatic N) is 1. The first-order chi connectivity index (χ1) is 9.56. The number of rotatable bonds is 5. The maximum atomic E-state index is 11.2. The molecule has 110 valence electrons. The lowest BCUT2D eigenvalue weighted by atomic mass is 9.95. The number of carbonyl (C=O) groups is 1. The molecule has 2 rings (SSSR count). The Hall–Kier alpha value is -1.35. The van der Waals surface area contributed by atoms with Crippen molar-refractivity contribution in [2.45, 2.75) is 52.0 Å². The van der Waals surface area contributed by atoms with Gasteiger partial charge in [-0.25, -0.2) is 0 Å². The molecule has 1 fully saturated rings. The monoisotopic (exact) mass is 275 g/mol. The summed E-state index contributed by atoms with van der Waals surface area (Å²) in [5.41, 5.74) is 3.82. The van der Waals surface area contributed by atoms with E-state index in [1.807, 2.05) is 0 Å². The summed E-state index contributed by atoms with van der Waals surface area (Å²) in [5.74, 6) is -0.690. The summed E-state index contributed by atoms with van der Waals surface area (Å²) in [5, 5.41) is 9.18. The second-order valence-corrected chi connectivity index (χ2v) is 5.98. The first-order valence-electron chi connectivity index (χ1n) is 7.58. The van der Waals surface area contributed by atoms with Gasteiger partial charge in [-0.3, -0.25) is 9.69 Å². The third-order valence-corrected chi connectivity index (χ3v) is 4.27. The predicted molar refractivity (Wildman–Crippen MR) is 81.1 cm³/mol. The summed E-state index contributed by atoms with van der Waals surface area (Å²) >= 11 is 0. The molecule has 0 amide bonds. The van der Waals surface area contributed by atoms with Crippen LogP contribution in [0.15, 0.2) is 18.2 Å². The molecule has 3 heteroatoms. The molecular formula is C17H25NO2. The number of aryl methyl sites for hydroxylation is 2. The Kier molecular flexibility index (Phi) is 5.18. The molecule has 20 heavy (non-hydrogen) atoms. The molecule has 0 aliphatic carbocycles. The average Bonchev–Trinajstić information content (AvgIpc) is 2.41. The summed E-state index contributed by atoms with van der Waals surface area (Å²) in [6.45, 7) is 6.30.